The van der Waals surface area contributed by atoms with E-state index in [-0.39, 0.29) is 18.5 Å². The number of Topliss-reactive ketones (excluding diaryl/α,β-unsaturated/α-hetero) is 1. The third-order valence-corrected chi connectivity index (χ3v) is 6.46. The normalized spacial score (nSPS) is 11.9. The summed E-state index contributed by atoms with van der Waals surface area (Å²) in [5, 5.41) is 14.1. The maximum absolute atomic E-state index is 12.2. The van der Waals surface area contributed by atoms with Crippen molar-refractivity contribution in [3.05, 3.63) is 24.3 Å². The van der Waals surface area contributed by atoms with E-state index >= 15 is 0 Å². The lowest BCUT2D eigenvalue weighted by molar-refractivity contribution is -0.120. The van der Waals surface area contributed by atoms with Gasteiger partial charge in [-0.15, -0.1) is 10.2 Å². The van der Waals surface area contributed by atoms with Gasteiger partial charge in [0.15, 0.2) is 0 Å². The summed E-state index contributed by atoms with van der Waals surface area (Å²) < 4.78 is 16.8. The summed E-state index contributed by atoms with van der Waals surface area (Å²) in [6, 6.07) is 7.81. The molecule has 0 aliphatic rings. The lowest BCUT2D eigenvalue weighted by atomic mass is 10.0. The molecule has 212 valence electrons. The van der Waals surface area contributed by atoms with Gasteiger partial charge in [0.1, 0.15) is 24.4 Å². The number of aromatic nitrogens is 4. The van der Waals surface area contributed by atoms with Crippen LogP contribution < -0.4 is 4.74 Å². The highest BCUT2D eigenvalue weighted by Crippen LogP contribution is 2.23. The quantitative estimate of drug-likeness (QED) is 0.125. The maximum Gasteiger partial charge on any atom is 0.204 e. The number of H-pyrrole nitrogens is 1. The van der Waals surface area contributed by atoms with Crippen molar-refractivity contribution < 1.29 is 23.8 Å². The zero-order chi connectivity index (χ0) is 27.1. The molecule has 9 nitrogen and oxygen atoms in total. The van der Waals surface area contributed by atoms with Crippen LogP contribution in [0.15, 0.2) is 24.3 Å². The molecule has 2 aromatic rings. The lowest BCUT2D eigenvalue weighted by Crippen LogP contribution is -2.17. The Kier molecular flexibility index (Phi) is 17.7. The standard InChI is InChI=1S/C29H46N4O5/c1-2-3-4-5-6-7-8-9-13-27(38-28-17-15-25(16-18-28)29-30-32-33-31-29)14-11-10-12-26(35)19-21-36-23-24-37-22-20-34/h15-18,20,27H,2-14,19,21-24H2,1H3,(H,30,31,32,33). The minimum absolute atomic E-state index is 0.0810. The summed E-state index contributed by atoms with van der Waals surface area (Å²) >= 11 is 0. The molecule has 2 rings (SSSR count). The molecule has 0 spiro atoms. The topological polar surface area (TPSA) is 116 Å². The van der Waals surface area contributed by atoms with Crippen molar-refractivity contribution in [1.82, 2.24) is 20.6 Å². The van der Waals surface area contributed by atoms with E-state index in [4.69, 9.17) is 14.2 Å². The van der Waals surface area contributed by atoms with E-state index in [1.165, 1.54) is 44.9 Å². The molecule has 0 amide bonds. The molecule has 0 aliphatic carbocycles. The van der Waals surface area contributed by atoms with Gasteiger partial charge in [0.2, 0.25) is 5.82 Å². The molecule has 1 unspecified atom stereocenters. The Bertz CT molecular complexity index is 845. The number of carbonyl (C=O) groups is 2. The Hall–Kier alpha value is -2.65. The summed E-state index contributed by atoms with van der Waals surface area (Å²) in [6.45, 7) is 3.49. The number of rotatable bonds is 25. The first-order valence-corrected chi connectivity index (χ1v) is 14.3. The predicted octanol–water partition coefficient (Wildman–Crippen LogP) is 5.90. The van der Waals surface area contributed by atoms with Gasteiger partial charge in [-0.05, 0) is 61.6 Å². The third kappa shape index (κ3) is 14.9. The largest absolute Gasteiger partial charge is 0.490 e. The number of nitrogens with one attached hydrogen (secondary N) is 1. The molecule has 38 heavy (non-hydrogen) atoms. The number of aromatic amines is 1. The second kappa shape index (κ2) is 21.3. The van der Waals surface area contributed by atoms with Crippen LogP contribution in [0.2, 0.25) is 0 Å². The van der Waals surface area contributed by atoms with Crippen molar-refractivity contribution >= 4 is 12.1 Å². The van der Waals surface area contributed by atoms with E-state index in [0.29, 0.717) is 44.8 Å². The first-order chi connectivity index (χ1) is 18.7. The molecular weight excluding hydrogens is 484 g/mol. The van der Waals surface area contributed by atoms with Gasteiger partial charge in [0.25, 0.3) is 0 Å². The van der Waals surface area contributed by atoms with E-state index in [0.717, 1.165) is 43.4 Å². The molecule has 1 atom stereocenters. The van der Waals surface area contributed by atoms with Crippen LogP contribution in [0.1, 0.15) is 96.8 Å². The van der Waals surface area contributed by atoms with Gasteiger partial charge >= 0.3 is 0 Å². The van der Waals surface area contributed by atoms with Gasteiger partial charge in [-0.1, -0.05) is 51.9 Å². The van der Waals surface area contributed by atoms with Gasteiger partial charge in [-0.25, -0.2) is 0 Å². The van der Waals surface area contributed by atoms with Crippen LogP contribution in [0.4, 0.5) is 0 Å². The first kappa shape index (κ1) is 31.6. The van der Waals surface area contributed by atoms with Crippen LogP contribution in [0.5, 0.6) is 5.75 Å². The highest BCUT2D eigenvalue weighted by Gasteiger charge is 2.12. The number of benzene rings is 1. The Balaban J connectivity index is 1.69. The number of tetrazole rings is 1. The van der Waals surface area contributed by atoms with E-state index < -0.39 is 0 Å². The summed E-state index contributed by atoms with van der Waals surface area (Å²) in [7, 11) is 0. The van der Waals surface area contributed by atoms with Gasteiger partial charge in [-0.2, -0.15) is 5.21 Å². The number of ether oxygens (including phenoxy) is 3. The summed E-state index contributed by atoms with van der Waals surface area (Å²) in [4.78, 5) is 22.4. The van der Waals surface area contributed by atoms with Crippen molar-refractivity contribution in [3.63, 3.8) is 0 Å². The average Bonchev–Trinajstić information content (AvgIpc) is 3.47. The molecular formula is C29H46N4O5. The minimum Gasteiger partial charge on any atom is -0.490 e. The van der Waals surface area contributed by atoms with E-state index in [9.17, 15) is 9.59 Å². The SMILES string of the molecule is CCCCCCCCCCC(CCCCC(=O)CCOCCOCC=O)Oc1ccc(-c2nn[nH]n2)cc1. The molecule has 0 radical (unpaired) electrons. The van der Waals surface area contributed by atoms with Gasteiger partial charge in [0.05, 0.1) is 25.9 Å². The fraction of sp³-hybridized carbons (Fsp3) is 0.690. The summed E-state index contributed by atoms with van der Waals surface area (Å²) in [5.74, 6) is 1.62. The lowest BCUT2D eigenvalue weighted by Gasteiger charge is -2.19. The zero-order valence-electron chi connectivity index (χ0n) is 23.1. The second-order valence-electron chi connectivity index (χ2n) is 9.65. The molecule has 1 aromatic heterocycles. The predicted molar refractivity (Wildman–Crippen MR) is 147 cm³/mol. The maximum atomic E-state index is 12.2. The number of nitrogens with zero attached hydrogens (tertiary/aromatic N) is 3. The number of aldehydes is 1. The fourth-order valence-electron chi connectivity index (χ4n) is 4.28. The number of unbranched alkanes of at least 4 members (excludes halogenated alkanes) is 8. The molecule has 1 heterocycles. The summed E-state index contributed by atoms with van der Waals surface area (Å²) in [6.07, 6.45) is 15.9. The van der Waals surface area contributed by atoms with Crippen LogP contribution in [-0.4, -0.2) is 65.2 Å². The molecule has 1 N–H and O–H groups in total. The van der Waals surface area contributed by atoms with Crippen LogP contribution in [0.3, 0.4) is 0 Å². The number of carbonyl (C=O) groups excluding carboxylic acids is 2. The Labute approximate surface area is 227 Å². The third-order valence-electron chi connectivity index (χ3n) is 6.46. The van der Waals surface area contributed by atoms with Crippen molar-refractivity contribution in [2.75, 3.05) is 26.4 Å². The number of hydrogen-bond acceptors (Lipinski definition) is 8. The molecule has 9 heteroatoms. The minimum atomic E-state index is 0.0810. The highest BCUT2D eigenvalue weighted by molar-refractivity contribution is 5.78. The Morgan fingerprint density at radius 1 is 0.868 bits per heavy atom. The van der Waals surface area contributed by atoms with E-state index in [1.54, 1.807) is 0 Å². The molecule has 0 aliphatic heterocycles. The van der Waals surface area contributed by atoms with Gasteiger partial charge in [0, 0.05) is 18.4 Å². The van der Waals surface area contributed by atoms with E-state index in [1.807, 2.05) is 24.3 Å². The van der Waals surface area contributed by atoms with Crippen molar-refractivity contribution in [1.29, 1.82) is 0 Å². The monoisotopic (exact) mass is 530 g/mol. The van der Waals surface area contributed by atoms with E-state index in [2.05, 4.69) is 27.5 Å². The van der Waals surface area contributed by atoms with Crippen LogP contribution in [0.25, 0.3) is 11.4 Å². The van der Waals surface area contributed by atoms with Gasteiger partial charge < -0.3 is 19.0 Å². The second-order valence-corrected chi connectivity index (χ2v) is 9.65. The first-order valence-electron chi connectivity index (χ1n) is 14.3. The number of hydrogen-bond donors (Lipinski definition) is 1. The Morgan fingerprint density at radius 2 is 1.55 bits per heavy atom. The van der Waals surface area contributed by atoms with Gasteiger partial charge in [-0.3, -0.25) is 4.79 Å². The van der Waals surface area contributed by atoms with Crippen molar-refractivity contribution in [2.24, 2.45) is 0 Å². The summed E-state index contributed by atoms with van der Waals surface area (Å²) in [5.41, 5.74) is 0.890. The van der Waals surface area contributed by atoms with Crippen molar-refractivity contribution in [2.45, 2.75) is 103 Å². The average molecular weight is 531 g/mol. The zero-order valence-corrected chi connectivity index (χ0v) is 23.1. The molecule has 0 saturated carbocycles. The molecule has 1 aromatic carbocycles. The number of ketones is 1. The fourth-order valence-corrected chi connectivity index (χ4v) is 4.28. The smallest absolute Gasteiger partial charge is 0.204 e. The highest BCUT2D eigenvalue weighted by atomic mass is 16.5. The van der Waals surface area contributed by atoms with Crippen LogP contribution in [-0.2, 0) is 19.1 Å². The van der Waals surface area contributed by atoms with Crippen LogP contribution >= 0.6 is 0 Å². The molecule has 0 saturated heterocycles. The Morgan fingerprint density at radius 3 is 2.24 bits per heavy atom. The van der Waals surface area contributed by atoms with Crippen LogP contribution in [0, 0.1) is 0 Å². The molecule has 0 fully saturated rings. The molecule has 0 bridgehead atoms. The van der Waals surface area contributed by atoms with Crippen molar-refractivity contribution in [3.8, 4) is 17.1 Å².